The molecule has 0 radical (unpaired) electrons. The van der Waals surface area contributed by atoms with E-state index in [0.717, 1.165) is 30.5 Å². The number of anilines is 1. The number of amides is 4. The molecule has 4 amide bonds. The Labute approximate surface area is 208 Å². The number of carbonyl (C=O) groups excluding carboxylic acids is 3. The monoisotopic (exact) mass is 566 g/mol. The lowest BCUT2D eigenvalue weighted by Crippen LogP contribution is -2.54. The van der Waals surface area contributed by atoms with Crippen molar-refractivity contribution < 1.29 is 14.4 Å². The number of nitrogens with zero attached hydrogens (tertiary/aromatic N) is 1. The fourth-order valence-electron chi connectivity index (χ4n) is 3.71. The van der Waals surface area contributed by atoms with Gasteiger partial charge in [-0.3, -0.25) is 14.9 Å². The number of rotatable bonds is 5. The minimum absolute atomic E-state index is 0.0917. The number of hydrogen-bond acceptors (Lipinski definition) is 3. The SMILES string of the molecule is CCc1ccccc1N1C(=O)NC(=O)/C(=C/c2ccc(Cc3ccccc3Br)c(Br)c2)C1=O. The molecule has 1 heterocycles. The van der Waals surface area contributed by atoms with Crippen molar-refractivity contribution in [2.75, 3.05) is 4.90 Å². The summed E-state index contributed by atoms with van der Waals surface area (Å²) in [6.07, 6.45) is 2.87. The Morgan fingerprint density at radius 2 is 1.52 bits per heavy atom. The van der Waals surface area contributed by atoms with Crippen molar-refractivity contribution in [3.63, 3.8) is 0 Å². The Balaban J connectivity index is 1.65. The molecule has 1 fully saturated rings. The lowest BCUT2D eigenvalue weighted by atomic mass is 10.0. The van der Waals surface area contributed by atoms with Gasteiger partial charge in [0.15, 0.2) is 0 Å². The van der Waals surface area contributed by atoms with Crippen LogP contribution in [0.5, 0.6) is 0 Å². The van der Waals surface area contributed by atoms with Crippen molar-refractivity contribution in [2.45, 2.75) is 19.8 Å². The lowest BCUT2D eigenvalue weighted by Gasteiger charge is -2.28. The van der Waals surface area contributed by atoms with Gasteiger partial charge in [0.2, 0.25) is 0 Å². The molecule has 3 aromatic rings. The zero-order valence-corrected chi connectivity index (χ0v) is 20.9. The van der Waals surface area contributed by atoms with Crippen LogP contribution in [0.25, 0.3) is 6.08 Å². The highest BCUT2D eigenvalue weighted by atomic mass is 79.9. The fourth-order valence-corrected chi connectivity index (χ4v) is 4.68. The van der Waals surface area contributed by atoms with Crippen LogP contribution in [0, 0.1) is 0 Å². The Morgan fingerprint density at radius 1 is 0.848 bits per heavy atom. The van der Waals surface area contributed by atoms with Gasteiger partial charge in [-0.15, -0.1) is 0 Å². The topological polar surface area (TPSA) is 66.5 Å². The summed E-state index contributed by atoms with van der Waals surface area (Å²) in [5.41, 5.74) is 4.12. The number of aryl methyl sites for hydroxylation is 1. The van der Waals surface area contributed by atoms with Crippen LogP contribution in [0.2, 0.25) is 0 Å². The molecule has 0 bridgehead atoms. The van der Waals surface area contributed by atoms with Gasteiger partial charge in [-0.05, 0) is 59.4 Å². The van der Waals surface area contributed by atoms with E-state index in [9.17, 15) is 14.4 Å². The molecule has 3 aromatic carbocycles. The first-order chi connectivity index (χ1) is 15.9. The Kier molecular flexibility index (Phi) is 6.91. The van der Waals surface area contributed by atoms with Gasteiger partial charge in [-0.25, -0.2) is 9.69 Å². The van der Waals surface area contributed by atoms with Crippen molar-refractivity contribution in [2.24, 2.45) is 0 Å². The third-order valence-electron chi connectivity index (χ3n) is 5.44. The zero-order chi connectivity index (χ0) is 23.5. The molecule has 166 valence electrons. The zero-order valence-electron chi connectivity index (χ0n) is 17.8. The Hall–Kier alpha value is -3.03. The van der Waals surface area contributed by atoms with Gasteiger partial charge in [0.05, 0.1) is 5.69 Å². The fraction of sp³-hybridized carbons (Fsp3) is 0.115. The smallest absolute Gasteiger partial charge is 0.273 e. The van der Waals surface area contributed by atoms with E-state index in [1.165, 1.54) is 6.08 Å². The average molecular weight is 568 g/mol. The van der Waals surface area contributed by atoms with E-state index in [1.54, 1.807) is 12.1 Å². The second kappa shape index (κ2) is 9.85. The predicted molar refractivity (Wildman–Crippen MR) is 136 cm³/mol. The largest absolute Gasteiger partial charge is 0.335 e. The van der Waals surface area contributed by atoms with Crippen molar-refractivity contribution in [3.05, 3.63) is 104 Å². The van der Waals surface area contributed by atoms with E-state index in [-0.39, 0.29) is 5.57 Å². The number of para-hydroxylation sites is 1. The van der Waals surface area contributed by atoms with Gasteiger partial charge >= 0.3 is 6.03 Å². The van der Waals surface area contributed by atoms with E-state index in [1.807, 2.05) is 55.5 Å². The lowest BCUT2D eigenvalue weighted by molar-refractivity contribution is -0.122. The van der Waals surface area contributed by atoms with Gasteiger partial charge in [0.1, 0.15) is 5.57 Å². The molecule has 1 aliphatic heterocycles. The van der Waals surface area contributed by atoms with Crippen LogP contribution < -0.4 is 10.2 Å². The highest BCUT2D eigenvalue weighted by Crippen LogP contribution is 2.28. The molecule has 1 N–H and O–H groups in total. The Bertz CT molecular complexity index is 1300. The number of hydrogen-bond donors (Lipinski definition) is 1. The quantitative estimate of drug-likeness (QED) is 0.302. The first-order valence-electron chi connectivity index (χ1n) is 10.4. The van der Waals surface area contributed by atoms with Crippen molar-refractivity contribution in [1.82, 2.24) is 5.32 Å². The van der Waals surface area contributed by atoms with Crippen LogP contribution in [0.3, 0.4) is 0 Å². The van der Waals surface area contributed by atoms with Gasteiger partial charge in [0, 0.05) is 8.95 Å². The summed E-state index contributed by atoms with van der Waals surface area (Å²) in [7, 11) is 0. The average Bonchev–Trinajstić information content (AvgIpc) is 2.80. The maximum atomic E-state index is 13.2. The van der Waals surface area contributed by atoms with Gasteiger partial charge in [-0.1, -0.05) is 87.3 Å². The number of carbonyl (C=O) groups is 3. The summed E-state index contributed by atoms with van der Waals surface area (Å²) in [4.78, 5) is 39.3. The van der Waals surface area contributed by atoms with E-state index in [2.05, 4.69) is 43.2 Å². The van der Waals surface area contributed by atoms with Gasteiger partial charge in [-0.2, -0.15) is 0 Å². The molecule has 7 heteroatoms. The molecule has 0 aromatic heterocycles. The number of benzene rings is 3. The highest BCUT2D eigenvalue weighted by molar-refractivity contribution is 9.10. The second-order valence-electron chi connectivity index (χ2n) is 7.56. The molecule has 4 rings (SSSR count). The van der Waals surface area contributed by atoms with Crippen LogP contribution in [-0.2, 0) is 22.4 Å². The van der Waals surface area contributed by atoms with Crippen LogP contribution in [0.1, 0.15) is 29.2 Å². The summed E-state index contributed by atoms with van der Waals surface area (Å²) in [5.74, 6) is -1.35. The summed E-state index contributed by atoms with van der Waals surface area (Å²) < 4.78 is 1.89. The minimum Gasteiger partial charge on any atom is -0.273 e. The number of barbiturate groups is 1. The second-order valence-corrected chi connectivity index (χ2v) is 9.27. The maximum Gasteiger partial charge on any atom is 0.335 e. The first-order valence-corrected chi connectivity index (χ1v) is 12.0. The predicted octanol–water partition coefficient (Wildman–Crippen LogP) is 6.03. The molecule has 5 nitrogen and oxygen atoms in total. The molecule has 1 saturated heterocycles. The number of imide groups is 2. The van der Waals surface area contributed by atoms with Gasteiger partial charge < -0.3 is 0 Å². The minimum atomic E-state index is -0.743. The van der Waals surface area contributed by atoms with Crippen LogP contribution in [0.4, 0.5) is 10.5 Å². The van der Waals surface area contributed by atoms with Crippen molar-refractivity contribution in [1.29, 1.82) is 0 Å². The normalized spacial score (nSPS) is 15.2. The van der Waals surface area contributed by atoms with Crippen molar-refractivity contribution in [3.8, 4) is 0 Å². The number of halogens is 2. The number of nitrogens with one attached hydrogen (secondary N) is 1. The van der Waals surface area contributed by atoms with Gasteiger partial charge in [0.25, 0.3) is 11.8 Å². The first kappa shape index (κ1) is 23.1. The molecule has 0 unspecified atom stereocenters. The van der Waals surface area contributed by atoms with Crippen molar-refractivity contribution >= 4 is 61.5 Å². The van der Waals surface area contributed by atoms with E-state index in [0.29, 0.717) is 24.1 Å². The summed E-state index contributed by atoms with van der Waals surface area (Å²) in [6.45, 7) is 1.94. The summed E-state index contributed by atoms with van der Waals surface area (Å²) in [6, 6.07) is 20.1. The van der Waals surface area contributed by atoms with Crippen LogP contribution in [-0.4, -0.2) is 17.8 Å². The molecule has 0 aliphatic carbocycles. The maximum absolute atomic E-state index is 13.2. The number of urea groups is 1. The molecule has 0 saturated carbocycles. The van der Waals surface area contributed by atoms with E-state index >= 15 is 0 Å². The Morgan fingerprint density at radius 3 is 2.21 bits per heavy atom. The molecule has 33 heavy (non-hydrogen) atoms. The molecule has 0 atom stereocenters. The van der Waals surface area contributed by atoms with E-state index in [4.69, 9.17) is 0 Å². The molecular weight excluding hydrogens is 548 g/mol. The molecule has 0 spiro atoms. The summed E-state index contributed by atoms with van der Waals surface area (Å²) >= 11 is 7.18. The highest BCUT2D eigenvalue weighted by Gasteiger charge is 2.37. The van der Waals surface area contributed by atoms with E-state index < -0.39 is 17.8 Å². The van der Waals surface area contributed by atoms with Crippen LogP contribution in [0.15, 0.2) is 81.2 Å². The standard InChI is InChI=1S/C26H20Br2N2O3/c1-2-17-7-4-6-10-23(17)30-25(32)20(24(31)29-26(30)33)13-16-11-12-19(22(28)14-16)15-18-8-3-5-9-21(18)27/h3-14H,2,15H2,1H3,(H,29,31,33)/b20-13-. The molecular formula is C26H20Br2N2O3. The third kappa shape index (κ3) is 4.84. The third-order valence-corrected chi connectivity index (χ3v) is 6.95. The van der Waals surface area contributed by atoms with Crippen LogP contribution >= 0.6 is 31.9 Å². The summed E-state index contributed by atoms with van der Waals surface area (Å²) in [5, 5.41) is 2.29. The molecule has 1 aliphatic rings.